The summed E-state index contributed by atoms with van der Waals surface area (Å²) in [5, 5.41) is 10.1. The van der Waals surface area contributed by atoms with E-state index in [1.165, 1.54) is 50.5 Å². The molecule has 7 atom stereocenters. The van der Waals surface area contributed by atoms with Crippen LogP contribution in [0, 0.1) is 52.8 Å². The fraction of sp³-hybridized carbons (Fsp3) is 0.857. The molecule has 0 aromatic rings. The normalized spacial score (nSPS) is 58.5. The quantitative estimate of drug-likeness (QED) is 0.762. The van der Waals surface area contributed by atoms with Gasteiger partial charge in [0.2, 0.25) is 0 Å². The Morgan fingerprint density at radius 3 is 2.26 bits per heavy atom. The predicted octanol–water partition coefficient (Wildman–Crippen LogP) is 4.51. The lowest BCUT2D eigenvalue weighted by Crippen LogP contribution is -2.45. The highest BCUT2D eigenvalue weighted by molar-refractivity contribution is 5.90. The highest BCUT2D eigenvalue weighted by atomic mass is 16.4. The lowest BCUT2D eigenvalue weighted by molar-refractivity contribution is -0.133. The summed E-state index contributed by atoms with van der Waals surface area (Å²) in [6.07, 6.45) is 10.8. The summed E-state index contributed by atoms with van der Waals surface area (Å²) >= 11 is 0. The molecule has 0 heterocycles. The number of carboxylic acids is 1. The average molecular weight is 312 g/mol. The molecule has 2 nitrogen and oxygen atoms in total. The Hall–Kier alpha value is -0.790. The van der Waals surface area contributed by atoms with Gasteiger partial charge in [0.25, 0.3) is 0 Å². The van der Waals surface area contributed by atoms with Crippen molar-refractivity contribution < 1.29 is 9.90 Å². The van der Waals surface area contributed by atoms with E-state index in [1.54, 1.807) is 0 Å². The first-order valence-electron chi connectivity index (χ1n) is 10.1. The average Bonchev–Trinajstić information content (AvgIpc) is 3.29. The van der Waals surface area contributed by atoms with Gasteiger partial charge in [0.15, 0.2) is 0 Å². The van der Waals surface area contributed by atoms with E-state index in [0.717, 1.165) is 47.5 Å². The molecule has 6 rings (SSSR count). The molecule has 6 aliphatic carbocycles. The number of aliphatic carboxylic acids is 1. The molecule has 5 saturated carbocycles. The second-order valence-corrected chi connectivity index (χ2v) is 9.88. The Morgan fingerprint density at radius 2 is 1.65 bits per heavy atom. The standard InChI is InChI=1S/C21H28O2/c1-10-6-13-9-16(10)19(17(13)20(22)23)21-14-4-2-11(7-14)18(21)12-3-5-15(21)8-12/h10-16,18H,2-9H2,1H3,(H,22,23). The molecular weight excluding hydrogens is 284 g/mol. The molecule has 124 valence electrons. The summed E-state index contributed by atoms with van der Waals surface area (Å²) in [5.74, 6) is 5.59. The maximum Gasteiger partial charge on any atom is 0.331 e. The third-order valence-electron chi connectivity index (χ3n) is 9.51. The van der Waals surface area contributed by atoms with Gasteiger partial charge in [0.1, 0.15) is 0 Å². The van der Waals surface area contributed by atoms with Crippen LogP contribution in [0.4, 0.5) is 0 Å². The molecular formula is C21H28O2. The molecule has 5 fully saturated rings. The molecule has 6 bridgehead atoms. The van der Waals surface area contributed by atoms with Gasteiger partial charge in [-0.05, 0) is 104 Å². The molecule has 7 unspecified atom stereocenters. The first-order chi connectivity index (χ1) is 11.1. The monoisotopic (exact) mass is 312 g/mol. The molecule has 2 heteroatoms. The molecule has 0 spiro atoms. The minimum Gasteiger partial charge on any atom is -0.478 e. The Bertz CT molecular complexity index is 610. The summed E-state index contributed by atoms with van der Waals surface area (Å²) in [4.78, 5) is 12.2. The summed E-state index contributed by atoms with van der Waals surface area (Å²) in [7, 11) is 0. The van der Waals surface area contributed by atoms with Gasteiger partial charge in [-0.2, -0.15) is 0 Å². The zero-order valence-corrected chi connectivity index (χ0v) is 14.1. The van der Waals surface area contributed by atoms with Gasteiger partial charge in [-0.3, -0.25) is 0 Å². The first-order valence-corrected chi connectivity index (χ1v) is 10.1. The van der Waals surface area contributed by atoms with E-state index in [-0.39, 0.29) is 0 Å². The number of rotatable bonds is 2. The number of hydrogen-bond donors (Lipinski definition) is 1. The maximum absolute atomic E-state index is 12.2. The number of allylic oxidation sites excluding steroid dienone is 1. The largest absolute Gasteiger partial charge is 0.478 e. The topological polar surface area (TPSA) is 37.3 Å². The van der Waals surface area contributed by atoms with Crippen molar-refractivity contribution in [2.75, 3.05) is 0 Å². The van der Waals surface area contributed by atoms with Crippen LogP contribution >= 0.6 is 0 Å². The Morgan fingerprint density at radius 1 is 1.00 bits per heavy atom. The third-order valence-corrected chi connectivity index (χ3v) is 9.51. The van der Waals surface area contributed by atoms with Crippen molar-refractivity contribution in [3.05, 3.63) is 11.1 Å². The molecule has 0 aliphatic heterocycles. The van der Waals surface area contributed by atoms with Crippen LogP contribution in [0.5, 0.6) is 0 Å². The number of carboxylic acid groups (broad SMARTS) is 1. The lowest BCUT2D eigenvalue weighted by atomic mass is 9.52. The zero-order chi connectivity index (χ0) is 15.5. The Kier molecular flexibility index (Phi) is 2.38. The van der Waals surface area contributed by atoms with Crippen LogP contribution in [0.15, 0.2) is 11.1 Å². The highest BCUT2D eigenvalue weighted by Gasteiger charge is 2.72. The van der Waals surface area contributed by atoms with Gasteiger partial charge < -0.3 is 5.11 Å². The second kappa shape index (κ2) is 4.06. The smallest absolute Gasteiger partial charge is 0.331 e. The van der Waals surface area contributed by atoms with Crippen molar-refractivity contribution in [3.63, 3.8) is 0 Å². The van der Waals surface area contributed by atoms with Gasteiger partial charge in [-0.1, -0.05) is 6.92 Å². The fourth-order valence-electron chi connectivity index (χ4n) is 9.36. The summed E-state index contributed by atoms with van der Waals surface area (Å²) < 4.78 is 0. The second-order valence-electron chi connectivity index (χ2n) is 9.88. The molecule has 0 aromatic carbocycles. The van der Waals surface area contributed by atoms with Crippen LogP contribution in [0.3, 0.4) is 0 Å². The first kappa shape index (κ1) is 13.5. The van der Waals surface area contributed by atoms with E-state index in [0.29, 0.717) is 17.3 Å². The van der Waals surface area contributed by atoms with Crippen LogP contribution in [-0.4, -0.2) is 11.1 Å². The van der Waals surface area contributed by atoms with E-state index >= 15 is 0 Å². The number of fused-ring (bicyclic) bond motifs is 11. The van der Waals surface area contributed by atoms with Gasteiger partial charge in [-0.25, -0.2) is 4.79 Å². The summed E-state index contributed by atoms with van der Waals surface area (Å²) in [5.41, 5.74) is 2.82. The molecule has 0 amide bonds. The van der Waals surface area contributed by atoms with Crippen molar-refractivity contribution >= 4 is 5.97 Å². The van der Waals surface area contributed by atoms with Crippen LogP contribution < -0.4 is 0 Å². The van der Waals surface area contributed by atoms with Gasteiger partial charge >= 0.3 is 5.97 Å². The lowest BCUT2D eigenvalue weighted by Gasteiger charge is -2.51. The van der Waals surface area contributed by atoms with Crippen molar-refractivity contribution in [1.29, 1.82) is 0 Å². The molecule has 0 aromatic heterocycles. The molecule has 6 aliphatic rings. The van der Waals surface area contributed by atoms with Crippen molar-refractivity contribution in [2.45, 2.75) is 58.3 Å². The Labute approximate surface area is 138 Å². The van der Waals surface area contributed by atoms with Crippen LogP contribution in [0.2, 0.25) is 0 Å². The van der Waals surface area contributed by atoms with Gasteiger partial charge in [-0.15, -0.1) is 0 Å². The van der Waals surface area contributed by atoms with E-state index in [2.05, 4.69) is 6.92 Å². The van der Waals surface area contributed by atoms with E-state index in [1.807, 2.05) is 0 Å². The third kappa shape index (κ3) is 1.31. The number of hydrogen-bond acceptors (Lipinski definition) is 1. The van der Waals surface area contributed by atoms with Crippen LogP contribution in [0.1, 0.15) is 58.3 Å². The van der Waals surface area contributed by atoms with E-state index < -0.39 is 5.97 Å². The minimum atomic E-state index is -0.557. The van der Waals surface area contributed by atoms with Crippen molar-refractivity contribution in [3.8, 4) is 0 Å². The fourth-order valence-corrected chi connectivity index (χ4v) is 9.36. The summed E-state index contributed by atoms with van der Waals surface area (Å²) in [6, 6.07) is 0. The zero-order valence-electron chi connectivity index (χ0n) is 14.1. The molecule has 0 saturated heterocycles. The van der Waals surface area contributed by atoms with Crippen LogP contribution in [-0.2, 0) is 4.79 Å². The molecule has 1 N–H and O–H groups in total. The van der Waals surface area contributed by atoms with Crippen LogP contribution in [0.25, 0.3) is 0 Å². The predicted molar refractivity (Wildman–Crippen MR) is 87.6 cm³/mol. The van der Waals surface area contributed by atoms with Crippen molar-refractivity contribution in [1.82, 2.24) is 0 Å². The van der Waals surface area contributed by atoms with Crippen molar-refractivity contribution in [2.24, 2.45) is 52.8 Å². The maximum atomic E-state index is 12.2. The van der Waals surface area contributed by atoms with E-state index in [9.17, 15) is 9.90 Å². The highest BCUT2D eigenvalue weighted by Crippen LogP contribution is 2.79. The number of carbonyl (C=O) groups is 1. The SMILES string of the molecule is CC1CC2CC1C(C13C4CCC(C4)C1C1CCC3C1)=C2C(=O)O. The minimum absolute atomic E-state index is 0.355. The summed E-state index contributed by atoms with van der Waals surface area (Å²) in [6.45, 7) is 2.40. The van der Waals surface area contributed by atoms with Gasteiger partial charge in [0, 0.05) is 11.0 Å². The molecule has 23 heavy (non-hydrogen) atoms. The Balaban J connectivity index is 1.60. The van der Waals surface area contributed by atoms with E-state index in [4.69, 9.17) is 0 Å². The van der Waals surface area contributed by atoms with Gasteiger partial charge in [0.05, 0.1) is 0 Å². The molecule has 0 radical (unpaired) electrons.